The van der Waals surface area contributed by atoms with Gasteiger partial charge in [-0.05, 0) is 11.1 Å². The molecule has 4 N–H and O–H groups in total. The van der Waals surface area contributed by atoms with E-state index in [0.717, 1.165) is 11.1 Å². The second-order valence-corrected chi connectivity index (χ2v) is 3.56. The number of aromatic amines is 1. The Labute approximate surface area is 98.2 Å². The summed E-state index contributed by atoms with van der Waals surface area (Å²) in [6.45, 7) is 0.935. The van der Waals surface area contributed by atoms with Crippen LogP contribution in [0.2, 0.25) is 0 Å². The predicted molar refractivity (Wildman–Crippen MR) is 61.9 cm³/mol. The van der Waals surface area contributed by atoms with Crippen LogP contribution in [0, 0.1) is 0 Å². The molecule has 17 heavy (non-hydrogen) atoms. The van der Waals surface area contributed by atoms with Crippen molar-refractivity contribution in [2.45, 2.75) is 13.1 Å². The van der Waals surface area contributed by atoms with Crippen molar-refractivity contribution < 1.29 is 4.79 Å². The molecule has 0 unspecified atom stereocenters. The summed E-state index contributed by atoms with van der Waals surface area (Å²) in [5, 5.41) is 12.4. The molecule has 0 atom stereocenters. The molecule has 1 aromatic carbocycles. The Hall–Kier alpha value is -2.21. The molecule has 0 bridgehead atoms. The molecule has 0 saturated carbocycles. The standard InChI is InChI=1S/C11H13N5O/c12-5-8-2-1-3-9(4-8)6-13-11(17)10-7-14-16-15-10/h1-4,7H,5-6,12H2,(H,13,17)(H,14,15,16). The lowest BCUT2D eigenvalue weighted by Gasteiger charge is -2.04. The van der Waals surface area contributed by atoms with E-state index in [9.17, 15) is 4.79 Å². The van der Waals surface area contributed by atoms with Crippen molar-refractivity contribution >= 4 is 5.91 Å². The molecule has 6 heteroatoms. The zero-order chi connectivity index (χ0) is 12.1. The number of hydrogen-bond acceptors (Lipinski definition) is 4. The second kappa shape index (κ2) is 5.22. The van der Waals surface area contributed by atoms with Gasteiger partial charge in [-0.3, -0.25) is 4.79 Å². The van der Waals surface area contributed by atoms with Crippen LogP contribution in [0.25, 0.3) is 0 Å². The number of carbonyl (C=O) groups is 1. The lowest BCUT2D eigenvalue weighted by molar-refractivity contribution is 0.0946. The van der Waals surface area contributed by atoms with E-state index >= 15 is 0 Å². The van der Waals surface area contributed by atoms with Gasteiger partial charge in [0.05, 0.1) is 6.20 Å². The fraction of sp³-hybridized carbons (Fsp3) is 0.182. The van der Waals surface area contributed by atoms with Gasteiger partial charge in [0.25, 0.3) is 5.91 Å². The van der Waals surface area contributed by atoms with Gasteiger partial charge in [0.1, 0.15) is 0 Å². The van der Waals surface area contributed by atoms with Gasteiger partial charge in [-0.1, -0.05) is 24.3 Å². The number of hydrogen-bond donors (Lipinski definition) is 3. The molecule has 0 aliphatic rings. The summed E-state index contributed by atoms with van der Waals surface area (Å²) in [5.74, 6) is -0.253. The molecular formula is C11H13N5O. The SMILES string of the molecule is NCc1cccc(CNC(=O)c2cn[nH]n2)c1. The lowest BCUT2D eigenvalue weighted by Crippen LogP contribution is -2.23. The number of rotatable bonds is 4. The second-order valence-electron chi connectivity index (χ2n) is 3.56. The maximum absolute atomic E-state index is 11.6. The minimum Gasteiger partial charge on any atom is -0.347 e. The highest BCUT2D eigenvalue weighted by Gasteiger charge is 2.07. The van der Waals surface area contributed by atoms with Crippen molar-refractivity contribution in [3.05, 3.63) is 47.3 Å². The normalized spacial score (nSPS) is 10.2. The number of nitrogens with one attached hydrogen (secondary N) is 2. The van der Waals surface area contributed by atoms with Gasteiger partial charge in [0.2, 0.25) is 0 Å². The van der Waals surface area contributed by atoms with Crippen molar-refractivity contribution in [2.75, 3.05) is 0 Å². The first-order chi connectivity index (χ1) is 8.29. The Morgan fingerprint density at radius 1 is 1.41 bits per heavy atom. The number of aromatic nitrogens is 3. The summed E-state index contributed by atoms with van der Waals surface area (Å²) in [6.07, 6.45) is 1.38. The lowest BCUT2D eigenvalue weighted by atomic mass is 10.1. The molecule has 0 aliphatic heterocycles. The smallest absolute Gasteiger partial charge is 0.273 e. The van der Waals surface area contributed by atoms with Crippen LogP contribution in [-0.2, 0) is 13.1 Å². The average Bonchev–Trinajstić information content (AvgIpc) is 2.90. The minimum absolute atomic E-state index is 0.253. The molecule has 0 fully saturated rings. The van der Waals surface area contributed by atoms with Gasteiger partial charge < -0.3 is 11.1 Å². The Kier molecular flexibility index (Phi) is 3.46. The van der Waals surface area contributed by atoms with Gasteiger partial charge in [-0.25, -0.2) is 0 Å². The number of amides is 1. The molecule has 88 valence electrons. The summed E-state index contributed by atoms with van der Waals surface area (Å²) < 4.78 is 0. The van der Waals surface area contributed by atoms with E-state index in [1.165, 1.54) is 6.20 Å². The van der Waals surface area contributed by atoms with Gasteiger partial charge in [0, 0.05) is 13.1 Å². The van der Waals surface area contributed by atoms with Crippen LogP contribution >= 0.6 is 0 Å². The number of nitrogens with zero attached hydrogens (tertiary/aromatic N) is 2. The Balaban J connectivity index is 1.95. The third-order valence-electron chi connectivity index (χ3n) is 2.33. The van der Waals surface area contributed by atoms with Crippen molar-refractivity contribution in [1.82, 2.24) is 20.7 Å². The maximum Gasteiger partial charge on any atom is 0.273 e. The third-order valence-corrected chi connectivity index (χ3v) is 2.33. The van der Waals surface area contributed by atoms with Crippen molar-refractivity contribution in [3.63, 3.8) is 0 Å². The zero-order valence-corrected chi connectivity index (χ0v) is 9.18. The van der Waals surface area contributed by atoms with Crippen molar-refractivity contribution in [1.29, 1.82) is 0 Å². The molecule has 0 aliphatic carbocycles. The van der Waals surface area contributed by atoms with E-state index in [4.69, 9.17) is 5.73 Å². The van der Waals surface area contributed by atoms with Gasteiger partial charge in [0.15, 0.2) is 5.69 Å². The van der Waals surface area contributed by atoms with E-state index < -0.39 is 0 Å². The molecule has 0 radical (unpaired) electrons. The summed E-state index contributed by atoms with van der Waals surface area (Å²) in [5.41, 5.74) is 7.86. The van der Waals surface area contributed by atoms with Crippen LogP contribution in [0.4, 0.5) is 0 Å². The van der Waals surface area contributed by atoms with Crippen LogP contribution < -0.4 is 11.1 Å². The number of H-pyrrole nitrogens is 1. The monoisotopic (exact) mass is 231 g/mol. The summed E-state index contributed by atoms with van der Waals surface area (Å²) in [7, 11) is 0. The quantitative estimate of drug-likeness (QED) is 0.700. The molecule has 2 rings (SSSR count). The molecule has 0 spiro atoms. The molecule has 1 amide bonds. The Morgan fingerprint density at radius 2 is 2.24 bits per heavy atom. The van der Waals surface area contributed by atoms with Crippen LogP contribution in [0.1, 0.15) is 21.6 Å². The minimum atomic E-state index is -0.253. The third kappa shape index (κ3) is 2.88. The van der Waals surface area contributed by atoms with Gasteiger partial charge in [-0.15, -0.1) is 0 Å². The van der Waals surface area contributed by atoms with Crippen LogP contribution in [-0.4, -0.2) is 21.3 Å². The molecule has 1 heterocycles. The predicted octanol–water partition coefficient (Wildman–Crippen LogP) is 0.193. The van der Waals surface area contributed by atoms with E-state index in [1.807, 2.05) is 24.3 Å². The zero-order valence-electron chi connectivity index (χ0n) is 9.18. The summed E-state index contributed by atoms with van der Waals surface area (Å²) >= 11 is 0. The number of carbonyl (C=O) groups excluding carboxylic acids is 1. The molecule has 0 saturated heterocycles. The largest absolute Gasteiger partial charge is 0.347 e. The van der Waals surface area contributed by atoms with E-state index in [1.54, 1.807) is 0 Å². The molecular weight excluding hydrogens is 218 g/mol. The molecule has 2 aromatic rings. The van der Waals surface area contributed by atoms with Crippen molar-refractivity contribution in [2.24, 2.45) is 5.73 Å². The Morgan fingerprint density at radius 3 is 2.94 bits per heavy atom. The topological polar surface area (TPSA) is 96.7 Å². The molecule has 6 nitrogen and oxygen atoms in total. The fourth-order valence-electron chi connectivity index (χ4n) is 1.45. The maximum atomic E-state index is 11.6. The van der Waals surface area contributed by atoms with E-state index in [-0.39, 0.29) is 11.6 Å². The number of nitrogens with two attached hydrogens (primary N) is 1. The highest BCUT2D eigenvalue weighted by atomic mass is 16.1. The first-order valence-corrected chi connectivity index (χ1v) is 5.21. The van der Waals surface area contributed by atoms with Crippen molar-refractivity contribution in [3.8, 4) is 0 Å². The van der Waals surface area contributed by atoms with E-state index in [2.05, 4.69) is 20.7 Å². The molecule has 1 aromatic heterocycles. The highest BCUT2D eigenvalue weighted by molar-refractivity contribution is 5.91. The fourth-order valence-corrected chi connectivity index (χ4v) is 1.45. The van der Waals surface area contributed by atoms with E-state index in [0.29, 0.717) is 13.1 Å². The first-order valence-electron chi connectivity index (χ1n) is 5.21. The van der Waals surface area contributed by atoms with Crippen LogP contribution in [0.15, 0.2) is 30.5 Å². The summed E-state index contributed by atoms with van der Waals surface area (Å²) in [6, 6.07) is 7.76. The average molecular weight is 231 g/mol. The Bertz CT molecular complexity index is 494. The number of benzene rings is 1. The summed E-state index contributed by atoms with van der Waals surface area (Å²) in [4.78, 5) is 11.6. The first kappa shape index (κ1) is 11.3. The highest BCUT2D eigenvalue weighted by Crippen LogP contribution is 2.04. The van der Waals surface area contributed by atoms with Gasteiger partial charge in [-0.2, -0.15) is 15.4 Å². The van der Waals surface area contributed by atoms with Crippen LogP contribution in [0.5, 0.6) is 0 Å². The van der Waals surface area contributed by atoms with Crippen LogP contribution in [0.3, 0.4) is 0 Å². The van der Waals surface area contributed by atoms with Gasteiger partial charge >= 0.3 is 0 Å².